The molecule has 0 saturated carbocycles. The number of halogens is 3. The fraction of sp³-hybridized carbons (Fsp3) is 0.167. The minimum absolute atomic E-state index is 0.254. The van der Waals surface area contributed by atoms with Gasteiger partial charge in [-0.1, -0.05) is 12.1 Å². The van der Waals surface area contributed by atoms with Gasteiger partial charge in [-0.25, -0.2) is 4.79 Å². The Kier molecular flexibility index (Phi) is 4.95. The van der Waals surface area contributed by atoms with E-state index in [-0.39, 0.29) is 12.1 Å². The van der Waals surface area contributed by atoms with Crippen LogP contribution in [0.5, 0.6) is 0 Å². The van der Waals surface area contributed by atoms with Crippen LogP contribution in [-0.4, -0.2) is 30.9 Å². The monoisotopic (exact) mass is 393 g/mol. The quantitative estimate of drug-likeness (QED) is 0.616. The van der Waals surface area contributed by atoms with E-state index in [1.54, 1.807) is 24.3 Å². The maximum atomic E-state index is 12.7. The highest BCUT2D eigenvalue weighted by Gasteiger charge is 2.32. The van der Waals surface area contributed by atoms with E-state index >= 15 is 0 Å². The zero-order valence-electron chi connectivity index (χ0n) is 14.2. The Labute approximate surface area is 156 Å². The fourth-order valence-electron chi connectivity index (χ4n) is 2.66. The number of amides is 2. The number of anilines is 3. The summed E-state index contributed by atoms with van der Waals surface area (Å²) in [4.78, 5) is 37.4. The zero-order valence-corrected chi connectivity index (χ0v) is 14.2. The van der Waals surface area contributed by atoms with Gasteiger partial charge in [0.05, 0.1) is 22.5 Å². The summed E-state index contributed by atoms with van der Waals surface area (Å²) < 4.78 is 42.9. The van der Waals surface area contributed by atoms with Crippen molar-refractivity contribution in [3.8, 4) is 0 Å². The van der Waals surface area contributed by atoms with Crippen molar-refractivity contribution in [1.82, 2.24) is 0 Å². The molecule has 0 bridgehead atoms. The first kappa shape index (κ1) is 19.2. The topological polar surface area (TPSA) is 102 Å². The molecule has 0 spiro atoms. The lowest BCUT2D eigenvalue weighted by molar-refractivity contribution is -0.137. The zero-order chi connectivity index (χ0) is 20.5. The molecule has 1 aliphatic heterocycles. The number of rotatable bonds is 3. The molecule has 2 amide bonds. The lowest BCUT2D eigenvalue weighted by atomic mass is 10.1. The van der Waals surface area contributed by atoms with E-state index in [1.165, 1.54) is 0 Å². The summed E-state index contributed by atoms with van der Waals surface area (Å²) in [5, 5.41) is 2.61. The van der Waals surface area contributed by atoms with E-state index in [4.69, 9.17) is 10.5 Å². The SMILES string of the molecule is Nc1cc(C(F)(F)F)ccc1C(=O)OCC(=O)N1CC(=O)Nc2ccccc21. The molecule has 0 unspecified atom stereocenters. The molecule has 2 aromatic carbocycles. The molecule has 28 heavy (non-hydrogen) atoms. The van der Waals surface area contributed by atoms with Gasteiger partial charge in [0, 0.05) is 5.69 Å². The van der Waals surface area contributed by atoms with Gasteiger partial charge in [0.2, 0.25) is 5.91 Å². The van der Waals surface area contributed by atoms with Crippen LogP contribution >= 0.6 is 0 Å². The molecule has 1 heterocycles. The number of alkyl halides is 3. The maximum Gasteiger partial charge on any atom is 0.416 e. The van der Waals surface area contributed by atoms with Gasteiger partial charge in [-0.05, 0) is 30.3 Å². The van der Waals surface area contributed by atoms with Crippen molar-refractivity contribution in [2.24, 2.45) is 0 Å². The van der Waals surface area contributed by atoms with E-state index in [0.29, 0.717) is 23.5 Å². The summed E-state index contributed by atoms with van der Waals surface area (Å²) >= 11 is 0. The van der Waals surface area contributed by atoms with E-state index in [1.807, 2.05) is 0 Å². The van der Waals surface area contributed by atoms with Crippen molar-refractivity contribution >= 4 is 34.8 Å². The summed E-state index contributed by atoms with van der Waals surface area (Å²) in [5.41, 5.74) is 4.66. The Bertz CT molecular complexity index is 959. The molecular formula is C18H14F3N3O4. The standard InChI is InChI=1S/C18H14F3N3O4/c19-18(20,21)10-5-6-11(12(22)7-10)17(27)28-9-16(26)24-8-15(25)23-13-3-1-2-4-14(13)24/h1-7H,8-9,22H2,(H,23,25). The Morgan fingerprint density at radius 2 is 1.89 bits per heavy atom. The second-order valence-electron chi connectivity index (χ2n) is 5.92. The molecule has 0 atom stereocenters. The number of ether oxygens (including phenoxy) is 1. The summed E-state index contributed by atoms with van der Waals surface area (Å²) in [6.07, 6.45) is -4.60. The number of nitrogen functional groups attached to an aromatic ring is 1. The van der Waals surface area contributed by atoms with E-state index in [9.17, 15) is 27.6 Å². The van der Waals surface area contributed by atoms with Crippen molar-refractivity contribution < 1.29 is 32.3 Å². The van der Waals surface area contributed by atoms with Gasteiger partial charge in [-0.2, -0.15) is 13.2 Å². The van der Waals surface area contributed by atoms with Crippen molar-refractivity contribution in [1.29, 1.82) is 0 Å². The van der Waals surface area contributed by atoms with Crippen LogP contribution in [0.3, 0.4) is 0 Å². The molecule has 2 aromatic rings. The maximum absolute atomic E-state index is 12.7. The molecular weight excluding hydrogens is 379 g/mol. The summed E-state index contributed by atoms with van der Waals surface area (Å²) in [6, 6.07) is 8.77. The van der Waals surface area contributed by atoms with Crippen LogP contribution in [0.2, 0.25) is 0 Å². The molecule has 146 valence electrons. The molecule has 0 radical (unpaired) electrons. The van der Waals surface area contributed by atoms with Crippen LogP contribution in [0, 0.1) is 0 Å². The van der Waals surface area contributed by atoms with Crippen LogP contribution in [0.25, 0.3) is 0 Å². The normalized spacial score (nSPS) is 13.5. The predicted molar refractivity (Wildman–Crippen MR) is 93.6 cm³/mol. The smallest absolute Gasteiger partial charge is 0.416 e. The van der Waals surface area contributed by atoms with Gasteiger partial charge < -0.3 is 15.8 Å². The highest BCUT2D eigenvalue weighted by molar-refractivity contribution is 6.10. The molecule has 0 fully saturated rings. The first-order valence-electron chi connectivity index (χ1n) is 8.00. The number of para-hydroxylation sites is 2. The van der Waals surface area contributed by atoms with Gasteiger partial charge in [0.15, 0.2) is 6.61 Å². The first-order valence-corrected chi connectivity index (χ1v) is 8.00. The Morgan fingerprint density at radius 3 is 2.57 bits per heavy atom. The lowest BCUT2D eigenvalue weighted by Crippen LogP contribution is -2.44. The Morgan fingerprint density at radius 1 is 1.18 bits per heavy atom. The average molecular weight is 393 g/mol. The van der Waals surface area contributed by atoms with E-state index in [2.05, 4.69) is 5.32 Å². The Hall–Kier alpha value is -3.56. The number of nitrogens with two attached hydrogens (primary N) is 1. The summed E-state index contributed by atoms with van der Waals surface area (Å²) in [5.74, 6) is -2.12. The van der Waals surface area contributed by atoms with Crippen molar-refractivity contribution in [2.45, 2.75) is 6.18 Å². The second kappa shape index (κ2) is 7.22. The van der Waals surface area contributed by atoms with Gasteiger partial charge in [0.1, 0.15) is 6.54 Å². The third-order valence-electron chi connectivity index (χ3n) is 4.00. The minimum Gasteiger partial charge on any atom is -0.452 e. The van der Waals surface area contributed by atoms with Gasteiger partial charge in [0.25, 0.3) is 5.91 Å². The molecule has 0 saturated heterocycles. The number of nitrogens with zero attached hydrogens (tertiary/aromatic N) is 1. The van der Waals surface area contributed by atoms with E-state index < -0.39 is 41.8 Å². The Balaban J connectivity index is 1.70. The number of benzene rings is 2. The van der Waals surface area contributed by atoms with Gasteiger partial charge in [-0.3, -0.25) is 14.5 Å². The van der Waals surface area contributed by atoms with Crippen LogP contribution < -0.4 is 16.0 Å². The highest BCUT2D eigenvalue weighted by atomic mass is 19.4. The molecule has 0 aliphatic carbocycles. The fourth-order valence-corrected chi connectivity index (χ4v) is 2.66. The number of hydrogen-bond acceptors (Lipinski definition) is 5. The van der Waals surface area contributed by atoms with Crippen molar-refractivity contribution in [3.05, 3.63) is 53.6 Å². The number of esters is 1. The summed E-state index contributed by atoms with van der Waals surface area (Å²) in [7, 11) is 0. The molecule has 1 aliphatic rings. The van der Waals surface area contributed by atoms with Gasteiger partial charge >= 0.3 is 12.1 Å². The first-order chi connectivity index (χ1) is 13.2. The van der Waals surface area contributed by atoms with E-state index in [0.717, 1.165) is 11.0 Å². The van der Waals surface area contributed by atoms with Gasteiger partial charge in [-0.15, -0.1) is 0 Å². The van der Waals surface area contributed by atoms with Crippen LogP contribution in [-0.2, 0) is 20.5 Å². The number of hydrogen-bond donors (Lipinski definition) is 2. The molecule has 0 aromatic heterocycles. The largest absolute Gasteiger partial charge is 0.452 e. The number of carbonyl (C=O) groups is 3. The van der Waals surface area contributed by atoms with Crippen LogP contribution in [0.1, 0.15) is 15.9 Å². The molecule has 7 nitrogen and oxygen atoms in total. The summed E-state index contributed by atoms with van der Waals surface area (Å²) in [6.45, 7) is -0.962. The van der Waals surface area contributed by atoms with Crippen LogP contribution in [0.15, 0.2) is 42.5 Å². The molecule has 3 N–H and O–H groups in total. The third-order valence-corrected chi connectivity index (χ3v) is 4.00. The number of carbonyl (C=O) groups excluding carboxylic acids is 3. The average Bonchev–Trinajstić information content (AvgIpc) is 2.64. The minimum atomic E-state index is -4.60. The predicted octanol–water partition coefficient (Wildman–Crippen LogP) is 2.43. The third kappa shape index (κ3) is 3.90. The second-order valence-corrected chi connectivity index (χ2v) is 5.92. The number of fused-ring (bicyclic) bond motifs is 1. The van der Waals surface area contributed by atoms with Crippen molar-refractivity contribution in [2.75, 3.05) is 29.1 Å². The molecule has 3 rings (SSSR count). The molecule has 10 heteroatoms. The van der Waals surface area contributed by atoms with Crippen molar-refractivity contribution in [3.63, 3.8) is 0 Å². The highest BCUT2D eigenvalue weighted by Crippen LogP contribution is 2.32. The van der Waals surface area contributed by atoms with Crippen LogP contribution in [0.4, 0.5) is 30.2 Å². The number of nitrogens with one attached hydrogen (secondary N) is 1. The lowest BCUT2D eigenvalue weighted by Gasteiger charge is -2.28.